The van der Waals surface area contributed by atoms with E-state index in [1.165, 1.54) is 12.3 Å². The number of aromatic nitrogens is 4. The van der Waals surface area contributed by atoms with E-state index >= 15 is 0 Å². The number of benzene rings is 2. The maximum absolute atomic E-state index is 13.5. The van der Waals surface area contributed by atoms with Crippen LogP contribution in [0.25, 0.3) is 16.9 Å². The summed E-state index contributed by atoms with van der Waals surface area (Å²) in [6.07, 6.45) is 5.00. The van der Waals surface area contributed by atoms with E-state index in [0.29, 0.717) is 11.4 Å². The van der Waals surface area contributed by atoms with Crippen LogP contribution in [0.3, 0.4) is 0 Å². The third kappa shape index (κ3) is 3.82. The molecule has 4 rings (SSSR count). The van der Waals surface area contributed by atoms with Crippen molar-refractivity contribution in [3.63, 3.8) is 0 Å². The van der Waals surface area contributed by atoms with Crippen LogP contribution in [-0.2, 0) is 0 Å². The van der Waals surface area contributed by atoms with E-state index < -0.39 is 17.5 Å². The molecule has 0 radical (unpaired) electrons. The maximum atomic E-state index is 13.5. The number of halogens is 3. The third-order valence-corrected chi connectivity index (χ3v) is 4.36. The van der Waals surface area contributed by atoms with Crippen LogP contribution in [0, 0.1) is 24.4 Å². The number of ether oxygens (including phenoxy) is 1. The molecular formula is C21H16F3N5O. The predicted molar refractivity (Wildman–Crippen MR) is 105 cm³/mol. The topological polar surface area (TPSA) is 64.9 Å². The fourth-order valence-corrected chi connectivity index (χ4v) is 2.93. The zero-order valence-electron chi connectivity index (χ0n) is 16.0. The van der Waals surface area contributed by atoms with E-state index in [1.807, 2.05) is 23.8 Å². The summed E-state index contributed by atoms with van der Waals surface area (Å²) in [6.45, 7) is 1.89. The number of methoxy groups -OCH3 is 1. The first-order valence-corrected chi connectivity index (χ1v) is 8.88. The second-order valence-electron chi connectivity index (χ2n) is 6.45. The Labute approximate surface area is 170 Å². The lowest BCUT2D eigenvalue weighted by molar-refractivity contribution is 0.413. The van der Waals surface area contributed by atoms with E-state index in [1.54, 1.807) is 25.6 Å². The summed E-state index contributed by atoms with van der Waals surface area (Å²) in [5.74, 6) is -3.30. The molecule has 0 spiro atoms. The molecule has 2 aromatic carbocycles. The number of imidazole rings is 1. The van der Waals surface area contributed by atoms with Crippen molar-refractivity contribution in [3.05, 3.63) is 78.3 Å². The Morgan fingerprint density at radius 3 is 2.43 bits per heavy atom. The van der Waals surface area contributed by atoms with Crippen LogP contribution in [0.4, 0.5) is 24.8 Å². The van der Waals surface area contributed by atoms with Crippen molar-refractivity contribution in [2.75, 3.05) is 12.4 Å². The molecule has 0 bridgehead atoms. The van der Waals surface area contributed by atoms with Crippen molar-refractivity contribution in [1.29, 1.82) is 0 Å². The van der Waals surface area contributed by atoms with Gasteiger partial charge in [0.2, 0.25) is 5.95 Å². The minimum absolute atomic E-state index is 0.0975. The van der Waals surface area contributed by atoms with Crippen LogP contribution in [-0.4, -0.2) is 26.6 Å². The zero-order valence-corrected chi connectivity index (χ0v) is 16.0. The largest absolute Gasteiger partial charge is 0.494 e. The Morgan fingerprint density at radius 2 is 1.77 bits per heavy atom. The third-order valence-electron chi connectivity index (χ3n) is 4.36. The van der Waals surface area contributed by atoms with Crippen molar-refractivity contribution >= 4 is 11.6 Å². The summed E-state index contributed by atoms with van der Waals surface area (Å²) in [6, 6.07) is 8.66. The van der Waals surface area contributed by atoms with Crippen molar-refractivity contribution in [1.82, 2.24) is 19.5 Å². The normalized spacial score (nSPS) is 10.8. The monoisotopic (exact) mass is 411 g/mol. The number of hydrogen-bond donors (Lipinski definition) is 1. The quantitative estimate of drug-likeness (QED) is 0.478. The van der Waals surface area contributed by atoms with Crippen LogP contribution in [0.5, 0.6) is 5.75 Å². The molecule has 0 aliphatic carbocycles. The summed E-state index contributed by atoms with van der Waals surface area (Å²) in [7, 11) is 1.56. The molecule has 0 saturated carbocycles. The molecular weight excluding hydrogens is 395 g/mol. The first kappa shape index (κ1) is 19.4. The van der Waals surface area contributed by atoms with Gasteiger partial charge in [-0.25, -0.2) is 28.1 Å². The molecule has 30 heavy (non-hydrogen) atoms. The maximum Gasteiger partial charge on any atom is 0.227 e. The van der Waals surface area contributed by atoms with Crippen LogP contribution in [0.1, 0.15) is 5.69 Å². The molecule has 0 aliphatic heterocycles. The standard InChI is InChI=1S/C21H16F3N5O/c1-12-10-29(11-26-12)18-4-3-14(9-19(18)30-2)27-21-25-6-5-17(28-21)13-7-15(22)20(24)16(23)8-13/h3-11H,1-2H3,(H,25,27,28). The van der Waals surface area contributed by atoms with Gasteiger partial charge in [-0.3, -0.25) is 0 Å². The van der Waals surface area contributed by atoms with Crippen LogP contribution in [0.15, 0.2) is 55.1 Å². The first-order chi connectivity index (χ1) is 14.4. The second-order valence-corrected chi connectivity index (χ2v) is 6.45. The second kappa shape index (κ2) is 7.86. The Kier molecular flexibility index (Phi) is 5.09. The Morgan fingerprint density at radius 1 is 1.00 bits per heavy atom. The minimum atomic E-state index is -1.52. The molecule has 0 unspecified atom stereocenters. The van der Waals surface area contributed by atoms with Crippen molar-refractivity contribution in [2.24, 2.45) is 0 Å². The van der Waals surface area contributed by atoms with E-state index in [2.05, 4.69) is 20.3 Å². The summed E-state index contributed by atoms with van der Waals surface area (Å²) in [5, 5.41) is 3.02. The summed E-state index contributed by atoms with van der Waals surface area (Å²) >= 11 is 0. The zero-order chi connectivity index (χ0) is 21.3. The average Bonchev–Trinajstić information content (AvgIpc) is 3.17. The highest BCUT2D eigenvalue weighted by Crippen LogP contribution is 2.29. The molecule has 9 heteroatoms. The van der Waals surface area contributed by atoms with Crippen LogP contribution < -0.4 is 10.1 Å². The van der Waals surface area contributed by atoms with E-state index in [9.17, 15) is 13.2 Å². The highest BCUT2D eigenvalue weighted by atomic mass is 19.2. The van der Waals surface area contributed by atoms with Crippen molar-refractivity contribution < 1.29 is 17.9 Å². The lowest BCUT2D eigenvalue weighted by Crippen LogP contribution is -2.01. The van der Waals surface area contributed by atoms with Gasteiger partial charge in [0.15, 0.2) is 17.5 Å². The van der Waals surface area contributed by atoms with E-state index in [4.69, 9.17) is 4.74 Å². The fraction of sp³-hybridized carbons (Fsp3) is 0.0952. The van der Waals surface area contributed by atoms with Gasteiger partial charge < -0.3 is 14.6 Å². The van der Waals surface area contributed by atoms with Crippen molar-refractivity contribution in [3.8, 4) is 22.7 Å². The lowest BCUT2D eigenvalue weighted by atomic mass is 10.1. The Bertz CT molecular complexity index is 1200. The molecule has 6 nitrogen and oxygen atoms in total. The molecule has 0 atom stereocenters. The van der Waals surface area contributed by atoms with Gasteiger partial charge in [-0.1, -0.05) is 0 Å². The first-order valence-electron chi connectivity index (χ1n) is 8.88. The number of rotatable bonds is 5. The van der Waals surface area contributed by atoms with Crippen molar-refractivity contribution in [2.45, 2.75) is 6.92 Å². The number of nitrogens with zero attached hydrogens (tertiary/aromatic N) is 4. The Hall–Kier alpha value is -3.88. The molecule has 0 amide bonds. The van der Waals surface area contributed by atoms with E-state index in [0.717, 1.165) is 23.5 Å². The molecule has 2 aromatic heterocycles. The van der Waals surface area contributed by atoms with Crippen LogP contribution >= 0.6 is 0 Å². The van der Waals surface area contributed by atoms with Gasteiger partial charge in [0.05, 0.1) is 30.5 Å². The number of anilines is 2. The smallest absolute Gasteiger partial charge is 0.227 e. The van der Waals surface area contributed by atoms with Gasteiger partial charge >= 0.3 is 0 Å². The Balaban J connectivity index is 1.63. The van der Waals surface area contributed by atoms with Crippen LogP contribution in [0.2, 0.25) is 0 Å². The average molecular weight is 411 g/mol. The highest BCUT2D eigenvalue weighted by molar-refractivity contribution is 5.64. The molecule has 0 aliphatic rings. The molecule has 1 N–H and O–H groups in total. The van der Waals surface area contributed by atoms with E-state index in [-0.39, 0.29) is 17.2 Å². The molecule has 4 aromatic rings. The molecule has 0 saturated heterocycles. The van der Waals surface area contributed by atoms with Gasteiger partial charge in [-0.15, -0.1) is 0 Å². The van der Waals surface area contributed by atoms with Gasteiger partial charge in [0.25, 0.3) is 0 Å². The summed E-state index contributed by atoms with van der Waals surface area (Å²) in [4.78, 5) is 12.6. The summed E-state index contributed by atoms with van der Waals surface area (Å²) in [5.41, 5.74) is 2.65. The predicted octanol–water partition coefficient (Wildman–Crippen LogP) is 4.81. The molecule has 2 heterocycles. The van der Waals surface area contributed by atoms with Gasteiger partial charge in [-0.2, -0.15) is 0 Å². The number of nitrogens with one attached hydrogen (secondary N) is 1. The SMILES string of the molecule is COc1cc(Nc2nccc(-c3cc(F)c(F)c(F)c3)n2)ccc1-n1cnc(C)c1. The number of hydrogen-bond acceptors (Lipinski definition) is 5. The minimum Gasteiger partial charge on any atom is -0.494 e. The van der Waals surface area contributed by atoms with Gasteiger partial charge in [0.1, 0.15) is 5.75 Å². The number of aryl methyl sites for hydroxylation is 1. The fourth-order valence-electron chi connectivity index (χ4n) is 2.93. The molecule has 0 fully saturated rings. The summed E-state index contributed by atoms with van der Waals surface area (Å²) < 4.78 is 47.6. The molecule has 152 valence electrons. The van der Waals surface area contributed by atoms with Gasteiger partial charge in [0, 0.05) is 29.7 Å². The highest BCUT2D eigenvalue weighted by Gasteiger charge is 2.13. The van der Waals surface area contributed by atoms with Gasteiger partial charge in [-0.05, 0) is 37.3 Å². The lowest BCUT2D eigenvalue weighted by Gasteiger charge is -2.12.